The number of aliphatic hydroxyl groups excluding tert-OH is 1. The number of pyridine rings is 1. The number of hydrogen-bond donors (Lipinski definition) is 1. The Bertz CT molecular complexity index is 565. The normalized spacial score (nSPS) is 12.7. The second-order valence-electron chi connectivity index (χ2n) is 4.43. The predicted octanol–water partition coefficient (Wildman–Crippen LogP) is 2.36. The highest BCUT2D eigenvalue weighted by atomic mass is 35.5. The maximum absolute atomic E-state index is 10.3. The van der Waals surface area contributed by atoms with Gasteiger partial charge in [0.1, 0.15) is 5.15 Å². The Morgan fingerprint density at radius 3 is 2.72 bits per heavy atom. The van der Waals surface area contributed by atoms with Crippen molar-refractivity contribution in [2.45, 2.75) is 26.4 Å². The Morgan fingerprint density at radius 1 is 1.44 bits per heavy atom. The molecule has 0 fully saturated rings. The van der Waals surface area contributed by atoms with Gasteiger partial charge >= 0.3 is 0 Å². The van der Waals surface area contributed by atoms with Gasteiger partial charge in [-0.1, -0.05) is 11.6 Å². The molecule has 2 aromatic rings. The minimum Gasteiger partial charge on any atom is -0.388 e. The number of aliphatic hydroxyl groups is 1. The van der Waals surface area contributed by atoms with Crippen molar-refractivity contribution in [2.75, 3.05) is 0 Å². The first-order chi connectivity index (χ1) is 8.50. The van der Waals surface area contributed by atoms with Crippen LogP contribution in [0.15, 0.2) is 18.5 Å². The zero-order valence-corrected chi connectivity index (χ0v) is 11.4. The molecular formula is C13H16ClN3O. The Balaban J connectivity index is 2.27. The summed E-state index contributed by atoms with van der Waals surface area (Å²) in [5, 5.41) is 15.1. The molecule has 0 radical (unpaired) electrons. The van der Waals surface area contributed by atoms with Gasteiger partial charge in [-0.2, -0.15) is 5.10 Å². The Morgan fingerprint density at radius 2 is 2.17 bits per heavy atom. The lowest BCUT2D eigenvalue weighted by atomic mass is 10.00. The second kappa shape index (κ2) is 5.08. The average Bonchev–Trinajstić information content (AvgIpc) is 2.56. The van der Waals surface area contributed by atoms with Crippen LogP contribution >= 0.6 is 11.6 Å². The molecule has 96 valence electrons. The molecular weight excluding hydrogens is 250 g/mol. The van der Waals surface area contributed by atoms with Crippen LogP contribution in [0.5, 0.6) is 0 Å². The molecule has 2 rings (SSSR count). The summed E-state index contributed by atoms with van der Waals surface area (Å²) in [6.07, 6.45) is 3.25. The monoisotopic (exact) mass is 265 g/mol. The van der Waals surface area contributed by atoms with Crippen molar-refractivity contribution in [1.82, 2.24) is 14.8 Å². The SMILES string of the molecule is Cc1ccncc1C(O)Cc1c(C)nn(C)c1Cl. The zero-order valence-electron chi connectivity index (χ0n) is 10.7. The first kappa shape index (κ1) is 13.1. The maximum atomic E-state index is 10.3. The molecule has 0 aromatic carbocycles. The van der Waals surface area contributed by atoms with Gasteiger partial charge in [-0.3, -0.25) is 9.67 Å². The number of hydrogen-bond acceptors (Lipinski definition) is 3. The second-order valence-corrected chi connectivity index (χ2v) is 4.79. The van der Waals surface area contributed by atoms with Crippen molar-refractivity contribution >= 4 is 11.6 Å². The van der Waals surface area contributed by atoms with Gasteiger partial charge in [-0.25, -0.2) is 0 Å². The van der Waals surface area contributed by atoms with E-state index < -0.39 is 6.10 Å². The van der Waals surface area contributed by atoms with Crippen LogP contribution in [-0.2, 0) is 13.5 Å². The van der Waals surface area contributed by atoms with Crippen molar-refractivity contribution < 1.29 is 5.11 Å². The number of nitrogens with zero attached hydrogens (tertiary/aromatic N) is 3. The van der Waals surface area contributed by atoms with Crippen LogP contribution in [0.25, 0.3) is 0 Å². The Labute approximate surface area is 111 Å². The largest absolute Gasteiger partial charge is 0.388 e. The van der Waals surface area contributed by atoms with Crippen LogP contribution in [0.3, 0.4) is 0 Å². The number of rotatable bonds is 3. The molecule has 0 aliphatic heterocycles. The summed E-state index contributed by atoms with van der Waals surface area (Å²) in [7, 11) is 1.79. The molecule has 0 bridgehead atoms. The summed E-state index contributed by atoms with van der Waals surface area (Å²) in [5.41, 5.74) is 3.59. The van der Waals surface area contributed by atoms with E-state index in [1.165, 1.54) is 0 Å². The fraction of sp³-hybridized carbons (Fsp3) is 0.385. The minimum atomic E-state index is -0.612. The Kier molecular flexibility index (Phi) is 3.68. The van der Waals surface area contributed by atoms with Gasteiger partial charge in [0.25, 0.3) is 0 Å². The molecule has 4 nitrogen and oxygen atoms in total. The van der Waals surface area contributed by atoms with E-state index in [-0.39, 0.29) is 0 Å². The molecule has 2 aromatic heterocycles. The van der Waals surface area contributed by atoms with E-state index in [2.05, 4.69) is 10.1 Å². The molecule has 0 spiro atoms. The van der Waals surface area contributed by atoms with E-state index in [4.69, 9.17) is 11.6 Å². The number of aryl methyl sites for hydroxylation is 3. The average molecular weight is 266 g/mol. The predicted molar refractivity (Wildman–Crippen MR) is 70.6 cm³/mol. The van der Waals surface area contributed by atoms with E-state index in [1.54, 1.807) is 24.1 Å². The fourth-order valence-corrected chi connectivity index (χ4v) is 2.29. The Hall–Kier alpha value is -1.39. The van der Waals surface area contributed by atoms with Crippen molar-refractivity contribution in [1.29, 1.82) is 0 Å². The highest BCUT2D eigenvalue weighted by Gasteiger charge is 2.18. The molecule has 0 aliphatic carbocycles. The summed E-state index contributed by atoms with van der Waals surface area (Å²) < 4.78 is 1.62. The quantitative estimate of drug-likeness (QED) is 0.927. The van der Waals surface area contributed by atoms with Crippen LogP contribution in [0.2, 0.25) is 5.15 Å². The van der Waals surface area contributed by atoms with Crippen molar-refractivity contribution in [3.8, 4) is 0 Å². The lowest BCUT2D eigenvalue weighted by Gasteiger charge is -2.12. The molecule has 0 saturated heterocycles. The van der Waals surface area contributed by atoms with Crippen molar-refractivity contribution in [3.05, 3.63) is 46.0 Å². The smallest absolute Gasteiger partial charge is 0.130 e. The summed E-state index contributed by atoms with van der Waals surface area (Å²) in [5.74, 6) is 0. The van der Waals surface area contributed by atoms with E-state index >= 15 is 0 Å². The summed E-state index contributed by atoms with van der Waals surface area (Å²) >= 11 is 6.16. The van der Waals surface area contributed by atoms with E-state index in [9.17, 15) is 5.11 Å². The fourth-order valence-electron chi connectivity index (χ4n) is 2.03. The molecule has 1 N–H and O–H groups in total. The lowest BCUT2D eigenvalue weighted by molar-refractivity contribution is 0.177. The van der Waals surface area contributed by atoms with E-state index in [1.807, 2.05) is 19.9 Å². The van der Waals surface area contributed by atoms with Gasteiger partial charge < -0.3 is 5.11 Å². The summed E-state index contributed by atoms with van der Waals surface area (Å²) in [4.78, 5) is 4.04. The first-order valence-electron chi connectivity index (χ1n) is 5.77. The first-order valence-corrected chi connectivity index (χ1v) is 6.15. The van der Waals surface area contributed by atoms with Gasteiger partial charge in [0, 0.05) is 37.0 Å². The van der Waals surface area contributed by atoms with Crippen LogP contribution in [-0.4, -0.2) is 19.9 Å². The third-order valence-electron chi connectivity index (χ3n) is 3.11. The summed E-state index contributed by atoms with van der Waals surface area (Å²) in [6, 6.07) is 1.89. The highest BCUT2D eigenvalue weighted by molar-refractivity contribution is 6.30. The molecule has 1 unspecified atom stereocenters. The molecule has 0 amide bonds. The zero-order chi connectivity index (χ0) is 13.3. The van der Waals surface area contributed by atoms with Crippen LogP contribution < -0.4 is 0 Å². The number of halogens is 1. The van der Waals surface area contributed by atoms with Gasteiger partial charge in [-0.05, 0) is 25.5 Å². The summed E-state index contributed by atoms with van der Waals surface area (Å²) in [6.45, 7) is 3.85. The van der Waals surface area contributed by atoms with Gasteiger partial charge in [-0.15, -0.1) is 0 Å². The lowest BCUT2D eigenvalue weighted by Crippen LogP contribution is -2.05. The molecule has 18 heavy (non-hydrogen) atoms. The molecule has 0 aliphatic rings. The maximum Gasteiger partial charge on any atom is 0.130 e. The van der Waals surface area contributed by atoms with Crippen LogP contribution in [0, 0.1) is 13.8 Å². The number of aromatic nitrogens is 3. The minimum absolute atomic E-state index is 0.449. The third kappa shape index (κ3) is 2.40. The van der Waals surface area contributed by atoms with Gasteiger partial charge in [0.2, 0.25) is 0 Å². The van der Waals surface area contributed by atoms with Crippen molar-refractivity contribution in [3.63, 3.8) is 0 Å². The molecule has 1 atom stereocenters. The third-order valence-corrected chi connectivity index (χ3v) is 3.58. The van der Waals surface area contributed by atoms with E-state index in [0.717, 1.165) is 22.4 Å². The van der Waals surface area contributed by atoms with E-state index in [0.29, 0.717) is 11.6 Å². The van der Waals surface area contributed by atoms with Crippen LogP contribution in [0.1, 0.15) is 28.5 Å². The standard InChI is InChI=1S/C13H16ClN3O/c1-8-4-5-15-7-11(8)12(18)6-10-9(2)16-17(3)13(10)14/h4-5,7,12,18H,6H2,1-3H3. The van der Waals surface area contributed by atoms with Crippen molar-refractivity contribution in [2.24, 2.45) is 7.05 Å². The molecule has 0 saturated carbocycles. The van der Waals surface area contributed by atoms with Crippen LogP contribution in [0.4, 0.5) is 0 Å². The van der Waals surface area contributed by atoms with Gasteiger partial charge in [0.15, 0.2) is 0 Å². The van der Waals surface area contributed by atoms with Gasteiger partial charge in [0.05, 0.1) is 11.8 Å². The molecule has 2 heterocycles. The highest BCUT2D eigenvalue weighted by Crippen LogP contribution is 2.26. The topological polar surface area (TPSA) is 50.9 Å². The molecule has 5 heteroatoms.